The number of halogens is 3. The maximum absolute atomic E-state index is 13.7. The summed E-state index contributed by atoms with van der Waals surface area (Å²) in [7, 11) is 0. The molecule has 0 radical (unpaired) electrons. The first-order chi connectivity index (χ1) is 16.0. The van der Waals surface area contributed by atoms with Crippen molar-refractivity contribution in [2.75, 3.05) is 11.9 Å². The van der Waals surface area contributed by atoms with Crippen LogP contribution in [-0.2, 0) is 25.7 Å². The molecule has 3 heterocycles. The number of alkyl halides is 3. The zero-order valence-electron chi connectivity index (χ0n) is 17.5. The molecule has 0 bridgehead atoms. The number of hydrogen-bond donors (Lipinski definition) is 2. The summed E-state index contributed by atoms with van der Waals surface area (Å²) in [6.07, 6.45) is -2.52. The largest absolute Gasteiger partial charge is 0.417 e. The molecule has 10 heteroatoms. The Kier molecular flexibility index (Phi) is 6.60. The molecule has 0 aliphatic carbocycles. The number of hydrogen-bond acceptors (Lipinski definition) is 6. The smallest absolute Gasteiger partial charge is 0.309 e. The van der Waals surface area contributed by atoms with Crippen LogP contribution in [0.15, 0.2) is 60.9 Å². The van der Waals surface area contributed by atoms with Crippen LogP contribution in [0, 0.1) is 0 Å². The number of anilines is 2. The third-order valence-corrected chi connectivity index (χ3v) is 5.52. The van der Waals surface area contributed by atoms with Gasteiger partial charge in [0.15, 0.2) is 5.82 Å². The van der Waals surface area contributed by atoms with E-state index in [0.717, 1.165) is 30.3 Å². The summed E-state index contributed by atoms with van der Waals surface area (Å²) < 4.78 is 41.0. The number of aromatic amines is 1. The number of benzene rings is 2. The average molecular weight is 467 g/mol. The van der Waals surface area contributed by atoms with Gasteiger partial charge in [0.1, 0.15) is 12.1 Å². The summed E-state index contributed by atoms with van der Waals surface area (Å²) in [6.45, 7) is 2.00. The molecule has 7 nitrogen and oxygen atoms in total. The quantitative estimate of drug-likeness (QED) is 0.419. The molecule has 2 aromatic heterocycles. The third kappa shape index (κ3) is 4.91. The molecule has 0 amide bonds. The van der Waals surface area contributed by atoms with E-state index < -0.39 is 11.7 Å². The minimum absolute atomic E-state index is 0. The predicted molar refractivity (Wildman–Crippen MR) is 123 cm³/mol. The molecule has 0 atom stereocenters. The Morgan fingerprint density at radius 3 is 2.50 bits per heavy atom. The topological polar surface area (TPSA) is 82.6 Å². The first-order valence-electron chi connectivity index (χ1n) is 10.4. The molecule has 2 aromatic carbocycles. The summed E-state index contributed by atoms with van der Waals surface area (Å²) in [5.41, 5.74) is 1.89. The van der Waals surface area contributed by atoms with E-state index in [4.69, 9.17) is 0 Å². The van der Waals surface area contributed by atoms with Crippen LogP contribution in [0.3, 0.4) is 0 Å². The minimum atomic E-state index is -4.52. The molecule has 2 N–H and O–H groups in total. The van der Waals surface area contributed by atoms with E-state index in [1.54, 1.807) is 6.07 Å². The fourth-order valence-corrected chi connectivity index (χ4v) is 3.99. The summed E-state index contributed by atoms with van der Waals surface area (Å²) in [5.74, 6) is 0.811. The second-order valence-electron chi connectivity index (χ2n) is 7.77. The Labute approximate surface area is 195 Å². The van der Waals surface area contributed by atoms with Crippen LogP contribution < -0.4 is 5.32 Å². The van der Waals surface area contributed by atoms with E-state index in [-0.39, 0.29) is 18.8 Å². The first-order valence-corrected chi connectivity index (χ1v) is 10.4. The van der Waals surface area contributed by atoms with Gasteiger partial charge in [0.05, 0.1) is 11.3 Å². The van der Waals surface area contributed by atoms with Gasteiger partial charge in [-0.05, 0) is 18.1 Å². The van der Waals surface area contributed by atoms with E-state index >= 15 is 0 Å². The monoisotopic (exact) mass is 467 g/mol. The molecule has 4 aromatic rings. The standard InChI is InChI=1S/C23H20F3N7.CH4/c24-23(25,26)18-9-5-4-8-16(18)20-29-19-13-33(12-15-6-2-1-3-7-15)11-10-17(19)21(30-20)31-22-27-14-28-32-22;/h1-9,14H,10-13H2,(H2,27,28,29,30,31,32);1H4. The average Bonchev–Trinajstić information content (AvgIpc) is 3.32. The Balaban J connectivity index is 0.00000274. The van der Waals surface area contributed by atoms with Gasteiger partial charge >= 0.3 is 6.18 Å². The lowest BCUT2D eigenvalue weighted by Crippen LogP contribution is -2.31. The molecule has 1 aliphatic heterocycles. The molecular weight excluding hydrogens is 443 g/mol. The van der Waals surface area contributed by atoms with Crippen molar-refractivity contribution in [1.82, 2.24) is 30.0 Å². The molecule has 34 heavy (non-hydrogen) atoms. The Hall–Kier alpha value is -3.79. The lowest BCUT2D eigenvalue weighted by Gasteiger charge is -2.29. The van der Waals surface area contributed by atoms with Crippen molar-refractivity contribution in [3.8, 4) is 11.4 Å². The maximum atomic E-state index is 13.7. The molecule has 0 fully saturated rings. The van der Waals surface area contributed by atoms with E-state index in [2.05, 4.69) is 47.5 Å². The van der Waals surface area contributed by atoms with Gasteiger partial charge in [-0.25, -0.2) is 15.1 Å². The van der Waals surface area contributed by atoms with Crippen molar-refractivity contribution in [2.45, 2.75) is 33.1 Å². The molecule has 0 saturated carbocycles. The summed E-state index contributed by atoms with van der Waals surface area (Å²) in [4.78, 5) is 15.4. The number of aromatic nitrogens is 5. The molecule has 176 valence electrons. The van der Waals surface area contributed by atoms with Crippen LogP contribution >= 0.6 is 0 Å². The second-order valence-corrected chi connectivity index (χ2v) is 7.77. The fraction of sp³-hybridized carbons (Fsp3) is 0.250. The maximum Gasteiger partial charge on any atom is 0.417 e. The van der Waals surface area contributed by atoms with E-state index in [0.29, 0.717) is 30.4 Å². The van der Waals surface area contributed by atoms with Gasteiger partial charge in [0.2, 0.25) is 5.95 Å². The van der Waals surface area contributed by atoms with Gasteiger partial charge in [0.25, 0.3) is 0 Å². The molecule has 5 rings (SSSR count). The van der Waals surface area contributed by atoms with Crippen LogP contribution in [-0.4, -0.2) is 36.6 Å². The highest BCUT2D eigenvalue weighted by Crippen LogP contribution is 2.37. The molecule has 0 saturated heterocycles. The third-order valence-electron chi connectivity index (χ3n) is 5.52. The van der Waals surface area contributed by atoms with Gasteiger partial charge in [0, 0.05) is 30.8 Å². The SMILES string of the molecule is C.FC(F)(F)c1ccccc1-c1nc2c(c(Nc3ncn[nH]3)n1)CCN(Cc1ccccc1)C2. The van der Waals surface area contributed by atoms with Gasteiger partial charge in [-0.3, -0.25) is 4.90 Å². The molecular formula is C24H24F3N7. The number of nitrogens with one attached hydrogen (secondary N) is 2. The zero-order chi connectivity index (χ0) is 22.8. The Morgan fingerprint density at radius 2 is 1.76 bits per heavy atom. The normalized spacial score (nSPS) is 13.7. The first kappa shape index (κ1) is 23.4. The highest BCUT2D eigenvalue weighted by atomic mass is 19.4. The van der Waals surface area contributed by atoms with Crippen LogP contribution in [0.25, 0.3) is 11.4 Å². The van der Waals surface area contributed by atoms with Crippen LogP contribution in [0.1, 0.15) is 29.8 Å². The highest BCUT2D eigenvalue weighted by molar-refractivity contribution is 5.66. The lowest BCUT2D eigenvalue weighted by atomic mass is 10.0. The van der Waals surface area contributed by atoms with Crippen molar-refractivity contribution in [3.05, 3.63) is 83.3 Å². The van der Waals surface area contributed by atoms with Gasteiger partial charge in [-0.1, -0.05) is 56.0 Å². The van der Waals surface area contributed by atoms with Gasteiger partial charge < -0.3 is 5.32 Å². The van der Waals surface area contributed by atoms with Crippen molar-refractivity contribution in [1.29, 1.82) is 0 Å². The molecule has 1 aliphatic rings. The highest BCUT2D eigenvalue weighted by Gasteiger charge is 2.34. The lowest BCUT2D eigenvalue weighted by molar-refractivity contribution is -0.137. The summed E-state index contributed by atoms with van der Waals surface area (Å²) >= 11 is 0. The van der Waals surface area contributed by atoms with Gasteiger partial charge in [-0.2, -0.15) is 23.3 Å². The van der Waals surface area contributed by atoms with E-state index in [1.165, 1.54) is 18.5 Å². The zero-order valence-corrected chi connectivity index (χ0v) is 17.5. The fourth-order valence-electron chi connectivity index (χ4n) is 3.99. The Bertz CT molecular complexity index is 1240. The number of rotatable bonds is 5. The van der Waals surface area contributed by atoms with Crippen molar-refractivity contribution >= 4 is 11.8 Å². The summed E-state index contributed by atoms with van der Waals surface area (Å²) in [6, 6.07) is 15.4. The molecule has 0 unspecified atom stereocenters. The van der Waals surface area contributed by atoms with E-state index in [1.807, 2.05) is 18.2 Å². The second kappa shape index (κ2) is 9.60. The number of nitrogens with zero attached hydrogens (tertiary/aromatic N) is 5. The van der Waals surface area contributed by atoms with E-state index in [9.17, 15) is 13.2 Å². The van der Waals surface area contributed by atoms with Crippen LogP contribution in [0.2, 0.25) is 0 Å². The van der Waals surface area contributed by atoms with Crippen LogP contribution in [0.5, 0.6) is 0 Å². The predicted octanol–water partition coefficient (Wildman–Crippen LogP) is 5.22. The number of H-pyrrole nitrogens is 1. The molecule has 0 spiro atoms. The van der Waals surface area contributed by atoms with Crippen molar-refractivity contribution in [2.24, 2.45) is 0 Å². The summed E-state index contributed by atoms with van der Waals surface area (Å²) in [5, 5.41) is 9.59. The van der Waals surface area contributed by atoms with Crippen molar-refractivity contribution < 1.29 is 13.2 Å². The minimum Gasteiger partial charge on any atom is -0.309 e. The number of fused-ring (bicyclic) bond motifs is 1. The van der Waals surface area contributed by atoms with Crippen molar-refractivity contribution in [3.63, 3.8) is 0 Å². The van der Waals surface area contributed by atoms with Crippen LogP contribution in [0.4, 0.5) is 24.9 Å². The Morgan fingerprint density at radius 1 is 1.00 bits per heavy atom. The van der Waals surface area contributed by atoms with Gasteiger partial charge in [-0.15, -0.1) is 0 Å².